The highest BCUT2D eigenvalue weighted by atomic mass is 14.6. The summed E-state index contributed by atoms with van der Waals surface area (Å²) in [6, 6.07) is 3.70. The summed E-state index contributed by atoms with van der Waals surface area (Å²) in [6.07, 6.45) is 3.37. The number of aromatic amines is 1. The molecule has 1 rings (SSSR count). The molecule has 0 atom stereocenters. The molecule has 0 unspecified atom stereocenters. The quantitative estimate of drug-likeness (QED) is 0.507. The van der Waals surface area contributed by atoms with Gasteiger partial charge in [-0.05, 0) is 6.07 Å². The van der Waals surface area contributed by atoms with E-state index in [-0.39, 0.29) is 0 Å². The van der Waals surface area contributed by atoms with E-state index in [9.17, 15) is 0 Å². The van der Waals surface area contributed by atoms with Gasteiger partial charge in [-0.15, -0.1) is 0 Å². The molecule has 34 valence electrons. The fraction of sp³-hybridized carbons (Fsp3) is 0. The van der Waals surface area contributed by atoms with Gasteiger partial charge in [-0.3, -0.25) is 0 Å². The van der Waals surface area contributed by atoms with Crippen molar-refractivity contribution in [1.29, 1.82) is 5.26 Å². The van der Waals surface area contributed by atoms with Crippen LogP contribution in [0.4, 0.5) is 0 Å². The maximum absolute atomic E-state index is 8.16. The number of hydrogen-bond donors (Lipinski definition) is 1. The zero-order chi connectivity index (χ0) is 5.11. The lowest BCUT2D eigenvalue weighted by Crippen LogP contribution is -1.56. The van der Waals surface area contributed by atoms with Crippen LogP contribution < -0.4 is 0 Å². The lowest BCUT2D eigenvalue weighted by molar-refractivity contribution is 1.40. The lowest BCUT2D eigenvalue weighted by Gasteiger charge is -1.62. The highest BCUT2D eigenvalue weighted by molar-refractivity contribution is 5.23. The van der Waals surface area contributed by atoms with Crippen molar-refractivity contribution in [2.24, 2.45) is 0 Å². The first kappa shape index (κ1) is 3.94. The van der Waals surface area contributed by atoms with Crippen LogP contribution in [-0.4, -0.2) is 4.98 Å². The molecule has 7 heavy (non-hydrogen) atoms. The van der Waals surface area contributed by atoms with Crippen LogP contribution in [-0.2, 0) is 0 Å². The molecule has 1 aromatic rings. The van der Waals surface area contributed by atoms with Crippen LogP contribution >= 0.6 is 0 Å². The van der Waals surface area contributed by atoms with Gasteiger partial charge in [-0.2, -0.15) is 5.26 Å². The fourth-order valence-corrected chi connectivity index (χ4v) is 0.393. The summed E-state index contributed by atoms with van der Waals surface area (Å²) in [5, 5.41) is 8.16. The molecule has 0 saturated heterocycles. The van der Waals surface area contributed by atoms with E-state index < -0.39 is 0 Å². The zero-order valence-electron chi connectivity index (χ0n) is 3.68. The van der Waals surface area contributed by atoms with Crippen molar-refractivity contribution in [1.82, 2.24) is 4.98 Å². The molecule has 0 fully saturated rings. The molecular formula is C5H4N2. The molecule has 0 amide bonds. The molecule has 0 saturated carbocycles. The summed E-state index contributed by atoms with van der Waals surface area (Å²) in [7, 11) is 0. The minimum Gasteiger partial charge on any atom is -0.366 e. The molecule has 0 aliphatic rings. The Morgan fingerprint density at radius 2 is 2.57 bits per heavy atom. The third-order valence-corrected chi connectivity index (χ3v) is 0.727. The van der Waals surface area contributed by atoms with Gasteiger partial charge in [-0.25, -0.2) is 0 Å². The maximum Gasteiger partial charge on any atom is 0.101 e. The zero-order valence-corrected chi connectivity index (χ0v) is 3.68. The number of nitrogens with zero attached hydrogens (tertiary/aromatic N) is 1. The minimum atomic E-state index is 0.681. The Balaban J connectivity index is 3.04. The topological polar surface area (TPSA) is 39.6 Å². The van der Waals surface area contributed by atoms with Crippen molar-refractivity contribution in [3.05, 3.63) is 24.0 Å². The van der Waals surface area contributed by atoms with Gasteiger partial charge in [0.1, 0.15) is 6.07 Å². The second kappa shape index (κ2) is 1.48. The maximum atomic E-state index is 8.16. The average Bonchev–Trinajstić information content (AvgIpc) is 2.14. The van der Waals surface area contributed by atoms with Gasteiger partial charge < -0.3 is 4.98 Å². The van der Waals surface area contributed by atoms with Crippen LogP contribution in [0, 0.1) is 11.3 Å². The highest BCUT2D eigenvalue weighted by Crippen LogP contribution is 1.89. The van der Waals surface area contributed by atoms with Crippen LogP contribution in [0.2, 0.25) is 0 Å². The van der Waals surface area contributed by atoms with Gasteiger partial charge in [0.15, 0.2) is 0 Å². The van der Waals surface area contributed by atoms with E-state index in [1.54, 1.807) is 18.5 Å². The molecular weight excluding hydrogens is 88.1 g/mol. The monoisotopic (exact) mass is 92.0 g/mol. The Morgan fingerprint density at radius 1 is 1.71 bits per heavy atom. The van der Waals surface area contributed by atoms with E-state index in [0.717, 1.165) is 0 Å². The molecule has 1 heterocycles. The van der Waals surface area contributed by atoms with Gasteiger partial charge in [0, 0.05) is 12.4 Å². The molecule has 0 bridgehead atoms. The molecule has 0 aliphatic carbocycles. The number of nitrogens with one attached hydrogen (secondary N) is 1. The summed E-state index contributed by atoms with van der Waals surface area (Å²) < 4.78 is 0. The van der Waals surface area contributed by atoms with Gasteiger partial charge in [-0.1, -0.05) is 0 Å². The number of nitriles is 1. The van der Waals surface area contributed by atoms with E-state index in [2.05, 4.69) is 4.98 Å². The Morgan fingerprint density at radius 3 is 2.86 bits per heavy atom. The van der Waals surface area contributed by atoms with Crippen LogP contribution in [0.5, 0.6) is 0 Å². The Labute approximate surface area is 41.4 Å². The van der Waals surface area contributed by atoms with E-state index in [1.165, 1.54) is 0 Å². The Kier molecular flexibility index (Phi) is 0.833. The van der Waals surface area contributed by atoms with E-state index in [1.807, 2.05) is 6.07 Å². The van der Waals surface area contributed by atoms with Crippen molar-refractivity contribution >= 4 is 0 Å². The van der Waals surface area contributed by atoms with Crippen molar-refractivity contribution in [3.8, 4) is 6.07 Å². The molecule has 2 nitrogen and oxygen atoms in total. The summed E-state index contributed by atoms with van der Waals surface area (Å²) in [5.41, 5.74) is 0.681. The summed E-state index contributed by atoms with van der Waals surface area (Å²) in [6.45, 7) is 0. The minimum absolute atomic E-state index is 0.681. The second-order valence-corrected chi connectivity index (χ2v) is 1.21. The molecule has 1 aromatic heterocycles. The summed E-state index contributed by atoms with van der Waals surface area (Å²) in [4.78, 5) is 2.76. The standard InChI is InChI=1S/C5H4N2/c6-3-5-1-2-7-4-5/h1-2,4,7H. The largest absolute Gasteiger partial charge is 0.366 e. The predicted octanol–water partition coefficient (Wildman–Crippen LogP) is 0.886. The number of H-pyrrole nitrogens is 1. The third kappa shape index (κ3) is 0.606. The van der Waals surface area contributed by atoms with Gasteiger partial charge in [0.2, 0.25) is 0 Å². The van der Waals surface area contributed by atoms with Crippen LogP contribution in [0.15, 0.2) is 18.5 Å². The molecule has 0 aliphatic heterocycles. The summed E-state index contributed by atoms with van der Waals surface area (Å²) >= 11 is 0. The van der Waals surface area contributed by atoms with Gasteiger partial charge in [0.05, 0.1) is 5.56 Å². The van der Waals surface area contributed by atoms with Crippen LogP contribution in [0.3, 0.4) is 0 Å². The number of aromatic nitrogens is 1. The fourth-order valence-electron chi connectivity index (χ4n) is 0.393. The SMILES string of the molecule is N#Cc1cc[nH]c1. The van der Waals surface area contributed by atoms with Crippen LogP contribution in [0.1, 0.15) is 5.56 Å². The smallest absolute Gasteiger partial charge is 0.101 e. The van der Waals surface area contributed by atoms with Crippen LogP contribution in [0.25, 0.3) is 0 Å². The van der Waals surface area contributed by atoms with Crippen molar-refractivity contribution in [2.75, 3.05) is 0 Å². The average molecular weight is 92.1 g/mol. The first-order valence-corrected chi connectivity index (χ1v) is 1.96. The second-order valence-electron chi connectivity index (χ2n) is 1.21. The number of hydrogen-bond acceptors (Lipinski definition) is 1. The van der Waals surface area contributed by atoms with Gasteiger partial charge >= 0.3 is 0 Å². The van der Waals surface area contributed by atoms with Gasteiger partial charge in [0.25, 0.3) is 0 Å². The van der Waals surface area contributed by atoms with E-state index >= 15 is 0 Å². The molecule has 0 aromatic carbocycles. The predicted molar refractivity (Wildman–Crippen MR) is 25.5 cm³/mol. The first-order valence-electron chi connectivity index (χ1n) is 1.96. The van der Waals surface area contributed by atoms with Crippen molar-refractivity contribution in [2.45, 2.75) is 0 Å². The molecule has 2 heteroatoms. The number of rotatable bonds is 0. The lowest BCUT2D eigenvalue weighted by atomic mass is 10.4. The molecule has 0 spiro atoms. The Bertz CT molecular complexity index is 168. The molecule has 1 N–H and O–H groups in total. The van der Waals surface area contributed by atoms with E-state index in [4.69, 9.17) is 5.26 Å². The van der Waals surface area contributed by atoms with E-state index in [0.29, 0.717) is 5.56 Å². The normalized spacial score (nSPS) is 7.86. The third-order valence-electron chi connectivity index (χ3n) is 0.727. The Hall–Kier alpha value is -1.23. The van der Waals surface area contributed by atoms with Crippen molar-refractivity contribution in [3.63, 3.8) is 0 Å². The first-order chi connectivity index (χ1) is 3.43. The summed E-state index contributed by atoms with van der Waals surface area (Å²) in [5.74, 6) is 0. The molecule has 0 radical (unpaired) electrons. The highest BCUT2D eigenvalue weighted by Gasteiger charge is 1.81. The van der Waals surface area contributed by atoms with Crippen molar-refractivity contribution < 1.29 is 0 Å².